The van der Waals surface area contributed by atoms with Gasteiger partial charge in [-0.2, -0.15) is 0 Å². The third-order valence-electron chi connectivity index (χ3n) is 5.82. The fourth-order valence-corrected chi connectivity index (χ4v) is 4.07. The van der Waals surface area contributed by atoms with Crippen molar-refractivity contribution < 1.29 is 24.1 Å². The van der Waals surface area contributed by atoms with E-state index in [4.69, 9.17) is 18.9 Å². The molecule has 1 heterocycles. The van der Waals surface area contributed by atoms with Gasteiger partial charge in [0.2, 0.25) is 5.75 Å². The summed E-state index contributed by atoms with van der Waals surface area (Å²) in [5, 5.41) is 10.7. The largest absolute Gasteiger partial charge is 0.495 e. The van der Waals surface area contributed by atoms with Crippen LogP contribution in [0.1, 0.15) is 24.5 Å². The van der Waals surface area contributed by atoms with E-state index < -0.39 is 6.10 Å². The van der Waals surface area contributed by atoms with Gasteiger partial charge in [-0.15, -0.1) is 0 Å². The van der Waals surface area contributed by atoms with Crippen LogP contribution < -0.4 is 23.8 Å². The lowest BCUT2D eigenvalue weighted by Gasteiger charge is -2.36. The summed E-state index contributed by atoms with van der Waals surface area (Å²) in [6.07, 6.45) is 1.00. The molecule has 1 unspecified atom stereocenters. The Bertz CT molecular complexity index is 811. The Labute approximate surface area is 185 Å². The van der Waals surface area contributed by atoms with Crippen LogP contribution >= 0.6 is 0 Å². The molecule has 7 heteroatoms. The van der Waals surface area contributed by atoms with Crippen molar-refractivity contribution in [2.45, 2.75) is 18.9 Å². The quantitative estimate of drug-likeness (QED) is 0.620. The Morgan fingerprint density at radius 3 is 2.03 bits per heavy atom. The van der Waals surface area contributed by atoms with Gasteiger partial charge < -0.3 is 29.0 Å². The molecule has 3 rings (SSSR count). The van der Waals surface area contributed by atoms with Crippen LogP contribution in [0.25, 0.3) is 0 Å². The van der Waals surface area contributed by atoms with Gasteiger partial charge in [-0.1, -0.05) is 12.1 Å². The number of ether oxygens (including phenoxy) is 4. The van der Waals surface area contributed by atoms with E-state index in [1.807, 2.05) is 24.3 Å². The van der Waals surface area contributed by atoms with Gasteiger partial charge in [0, 0.05) is 26.2 Å². The van der Waals surface area contributed by atoms with E-state index >= 15 is 0 Å². The highest BCUT2D eigenvalue weighted by molar-refractivity contribution is 5.58. The summed E-state index contributed by atoms with van der Waals surface area (Å²) in [7, 11) is 6.45. The molecule has 0 aromatic heterocycles. The minimum Gasteiger partial charge on any atom is -0.495 e. The SMILES string of the molecule is COc1ccccc1N1CCN(CCCC(O)c2cc(OC)c(OC)c(OC)c2)CC1. The number of rotatable bonds is 10. The van der Waals surface area contributed by atoms with Gasteiger partial charge in [-0.25, -0.2) is 0 Å². The van der Waals surface area contributed by atoms with Crippen molar-refractivity contribution >= 4 is 5.69 Å². The van der Waals surface area contributed by atoms with E-state index in [9.17, 15) is 5.11 Å². The standard InChI is InChI=1S/C24H34N2O5/c1-28-21-10-6-5-8-19(21)26-14-12-25(13-15-26)11-7-9-20(27)18-16-22(29-2)24(31-4)23(17-18)30-3/h5-6,8,10,16-17,20,27H,7,9,11-15H2,1-4H3. The van der Waals surface area contributed by atoms with Crippen molar-refractivity contribution in [1.82, 2.24) is 4.90 Å². The zero-order valence-electron chi connectivity index (χ0n) is 19.0. The fraction of sp³-hybridized carbons (Fsp3) is 0.500. The number of methoxy groups -OCH3 is 4. The van der Waals surface area contributed by atoms with Crippen molar-refractivity contribution in [3.63, 3.8) is 0 Å². The number of hydrogen-bond acceptors (Lipinski definition) is 7. The van der Waals surface area contributed by atoms with Gasteiger partial charge in [0.25, 0.3) is 0 Å². The summed E-state index contributed by atoms with van der Waals surface area (Å²) in [6.45, 7) is 4.89. The number of aliphatic hydroxyl groups excluding tert-OH is 1. The second-order valence-electron chi connectivity index (χ2n) is 7.62. The molecule has 1 aliphatic heterocycles. The zero-order chi connectivity index (χ0) is 22.2. The van der Waals surface area contributed by atoms with Crippen LogP contribution in [0.5, 0.6) is 23.0 Å². The molecule has 0 radical (unpaired) electrons. The molecule has 0 saturated carbocycles. The van der Waals surface area contributed by atoms with Gasteiger partial charge in [0.15, 0.2) is 11.5 Å². The lowest BCUT2D eigenvalue weighted by molar-refractivity contribution is 0.153. The highest BCUT2D eigenvalue weighted by Gasteiger charge is 2.21. The topological polar surface area (TPSA) is 63.6 Å². The average Bonchev–Trinajstić information content (AvgIpc) is 2.83. The highest BCUT2D eigenvalue weighted by atomic mass is 16.5. The van der Waals surface area contributed by atoms with Gasteiger partial charge in [-0.05, 0) is 49.2 Å². The lowest BCUT2D eigenvalue weighted by Crippen LogP contribution is -2.46. The molecule has 0 aliphatic carbocycles. The molecule has 2 aromatic rings. The van der Waals surface area contributed by atoms with E-state index in [-0.39, 0.29) is 0 Å². The van der Waals surface area contributed by atoms with Crippen LogP contribution in [-0.2, 0) is 0 Å². The Hall–Kier alpha value is -2.64. The van der Waals surface area contributed by atoms with Crippen LogP contribution in [0.2, 0.25) is 0 Å². The third kappa shape index (κ3) is 5.54. The minimum absolute atomic E-state index is 0.536. The molecule has 1 saturated heterocycles. The van der Waals surface area contributed by atoms with Crippen LogP contribution in [0.15, 0.2) is 36.4 Å². The molecule has 0 spiro atoms. The summed E-state index contributed by atoms with van der Waals surface area (Å²) in [6, 6.07) is 11.8. The predicted octanol–water partition coefficient (Wildman–Crippen LogP) is 3.36. The number of anilines is 1. The molecule has 1 N–H and O–H groups in total. The molecule has 170 valence electrons. The molecular weight excluding hydrogens is 396 g/mol. The molecule has 7 nitrogen and oxygen atoms in total. The Morgan fingerprint density at radius 2 is 1.45 bits per heavy atom. The van der Waals surface area contributed by atoms with Crippen molar-refractivity contribution in [3.05, 3.63) is 42.0 Å². The van der Waals surface area contributed by atoms with Crippen molar-refractivity contribution in [2.24, 2.45) is 0 Å². The Morgan fingerprint density at radius 1 is 0.839 bits per heavy atom. The van der Waals surface area contributed by atoms with Crippen molar-refractivity contribution in [2.75, 3.05) is 66.1 Å². The molecular formula is C24H34N2O5. The Balaban J connectivity index is 1.50. The second kappa shape index (κ2) is 11.1. The lowest BCUT2D eigenvalue weighted by atomic mass is 10.0. The van der Waals surface area contributed by atoms with Crippen LogP contribution in [0, 0.1) is 0 Å². The first-order chi connectivity index (χ1) is 15.1. The molecule has 0 amide bonds. The first kappa shape index (κ1) is 23.0. The molecule has 2 aromatic carbocycles. The first-order valence-electron chi connectivity index (χ1n) is 10.7. The monoisotopic (exact) mass is 430 g/mol. The predicted molar refractivity (Wildman–Crippen MR) is 122 cm³/mol. The van der Waals surface area contributed by atoms with Crippen LogP contribution in [0.4, 0.5) is 5.69 Å². The second-order valence-corrected chi connectivity index (χ2v) is 7.62. The van der Waals surface area contributed by atoms with Crippen molar-refractivity contribution in [3.8, 4) is 23.0 Å². The summed E-state index contributed by atoms with van der Waals surface area (Å²) in [5.41, 5.74) is 1.93. The van der Waals surface area contributed by atoms with Gasteiger partial charge in [0.1, 0.15) is 5.75 Å². The van der Waals surface area contributed by atoms with E-state index in [0.717, 1.165) is 56.1 Å². The van der Waals surface area contributed by atoms with Crippen molar-refractivity contribution in [1.29, 1.82) is 0 Å². The molecule has 1 aliphatic rings. The highest BCUT2D eigenvalue weighted by Crippen LogP contribution is 2.40. The van der Waals surface area contributed by atoms with Crippen LogP contribution in [0.3, 0.4) is 0 Å². The summed E-state index contributed by atoms with van der Waals surface area (Å²) in [5.74, 6) is 2.57. The summed E-state index contributed by atoms with van der Waals surface area (Å²) < 4.78 is 21.6. The van der Waals surface area contributed by atoms with E-state index in [2.05, 4.69) is 21.9 Å². The minimum atomic E-state index is -0.580. The van der Waals surface area contributed by atoms with Gasteiger partial charge in [-0.3, -0.25) is 4.90 Å². The molecule has 31 heavy (non-hydrogen) atoms. The smallest absolute Gasteiger partial charge is 0.203 e. The van der Waals surface area contributed by atoms with E-state index in [1.54, 1.807) is 28.4 Å². The number of piperazine rings is 1. The summed E-state index contributed by atoms with van der Waals surface area (Å²) >= 11 is 0. The normalized spacial score (nSPS) is 15.5. The molecule has 1 fully saturated rings. The first-order valence-corrected chi connectivity index (χ1v) is 10.7. The number of aliphatic hydroxyl groups is 1. The number of hydrogen-bond donors (Lipinski definition) is 1. The summed E-state index contributed by atoms with van der Waals surface area (Å²) in [4.78, 5) is 4.83. The number of nitrogens with zero attached hydrogens (tertiary/aromatic N) is 2. The third-order valence-corrected chi connectivity index (χ3v) is 5.82. The fourth-order valence-electron chi connectivity index (χ4n) is 4.07. The van der Waals surface area contributed by atoms with E-state index in [0.29, 0.717) is 23.7 Å². The maximum atomic E-state index is 10.7. The number of benzene rings is 2. The molecule has 0 bridgehead atoms. The average molecular weight is 431 g/mol. The maximum Gasteiger partial charge on any atom is 0.203 e. The number of para-hydroxylation sites is 2. The maximum absolute atomic E-state index is 10.7. The molecule has 1 atom stereocenters. The van der Waals surface area contributed by atoms with Gasteiger partial charge >= 0.3 is 0 Å². The zero-order valence-corrected chi connectivity index (χ0v) is 19.0. The van der Waals surface area contributed by atoms with Crippen LogP contribution in [-0.4, -0.2) is 71.2 Å². The van der Waals surface area contributed by atoms with Gasteiger partial charge in [0.05, 0.1) is 40.2 Å². The Kier molecular flexibility index (Phi) is 8.26. The van der Waals surface area contributed by atoms with E-state index in [1.165, 1.54) is 0 Å².